The number of hydrogen-bond donors (Lipinski definition) is 3. The van der Waals surface area contributed by atoms with Crippen molar-refractivity contribution in [2.75, 3.05) is 13.7 Å². The summed E-state index contributed by atoms with van der Waals surface area (Å²) in [7, 11) is 1.72. The predicted molar refractivity (Wildman–Crippen MR) is 169 cm³/mol. The van der Waals surface area contributed by atoms with E-state index in [4.69, 9.17) is 4.74 Å². The molecule has 0 aromatic heterocycles. The maximum Gasteiger partial charge on any atom is 0.142 e. The second-order valence-corrected chi connectivity index (χ2v) is 13.3. The van der Waals surface area contributed by atoms with Gasteiger partial charge in [0.1, 0.15) is 17.3 Å². The van der Waals surface area contributed by atoms with Crippen LogP contribution in [0.4, 0.5) is 0 Å². The molecule has 3 aliphatic rings. The van der Waals surface area contributed by atoms with Gasteiger partial charge in [-0.15, -0.1) is 0 Å². The van der Waals surface area contributed by atoms with E-state index < -0.39 is 5.41 Å². The first-order chi connectivity index (χ1) is 20.7. The van der Waals surface area contributed by atoms with Crippen LogP contribution < -0.4 is 0 Å². The topological polar surface area (TPSA) is 87.0 Å². The standard InChI is InChI=1S/C38H44O5/c1-24-35-30(23-39)22-38(36(35)43-3,37(24,2)31-9-4-5-10-31)34(42)18-13-25-7-6-8-27(19-25)28-14-15-29(33(41)21-28)20-26-11-16-32(40)17-12-26/h6-8,11-12,14-17,19,21,30-31,35-36,39-41H,1,4-5,9-10,13,18,20,22-23H2,2-3H3. The van der Waals surface area contributed by atoms with Gasteiger partial charge in [0.05, 0.1) is 11.5 Å². The molecule has 5 unspecified atom stereocenters. The van der Waals surface area contributed by atoms with Crippen LogP contribution in [0.2, 0.25) is 0 Å². The van der Waals surface area contributed by atoms with Gasteiger partial charge in [-0.2, -0.15) is 0 Å². The average Bonchev–Trinajstić information content (AvgIpc) is 3.72. The summed E-state index contributed by atoms with van der Waals surface area (Å²) in [5.74, 6) is 1.18. The van der Waals surface area contributed by atoms with Crippen LogP contribution in [0.1, 0.15) is 62.1 Å². The number of hydrogen-bond acceptors (Lipinski definition) is 5. The maximum atomic E-state index is 14.5. The largest absolute Gasteiger partial charge is 0.508 e. The molecule has 3 aromatic rings. The highest BCUT2D eigenvalue weighted by Crippen LogP contribution is 2.73. The van der Waals surface area contributed by atoms with Gasteiger partial charge in [0.15, 0.2) is 0 Å². The van der Waals surface area contributed by atoms with Gasteiger partial charge in [-0.25, -0.2) is 0 Å². The molecule has 0 amide bonds. The predicted octanol–water partition coefficient (Wildman–Crippen LogP) is 7.25. The highest BCUT2D eigenvalue weighted by Gasteiger charge is 2.74. The molecule has 2 bridgehead atoms. The normalized spacial score (nSPS) is 28.5. The zero-order valence-corrected chi connectivity index (χ0v) is 25.4. The number of methoxy groups -OCH3 is 1. The van der Waals surface area contributed by atoms with Gasteiger partial charge >= 0.3 is 0 Å². The molecule has 43 heavy (non-hydrogen) atoms. The number of fused-ring (bicyclic) bond motifs is 2. The Morgan fingerprint density at radius 1 is 0.977 bits per heavy atom. The summed E-state index contributed by atoms with van der Waals surface area (Å²) in [5.41, 5.74) is 5.00. The molecule has 5 nitrogen and oxygen atoms in total. The van der Waals surface area contributed by atoms with Crippen LogP contribution in [0.3, 0.4) is 0 Å². The zero-order chi connectivity index (χ0) is 30.4. The third-order valence-corrected chi connectivity index (χ3v) is 11.4. The van der Waals surface area contributed by atoms with Crippen molar-refractivity contribution in [3.8, 4) is 22.6 Å². The Morgan fingerprint density at radius 3 is 2.37 bits per heavy atom. The number of phenolic OH excluding ortho intramolecular Hbond substituents is 2. The molecule has 6 rings (SSSR count). The van der Waals surface area contributed by atoms with E-state index in [9.17, 15) is 20.1 Å². The highest BCUT2D eigenvalue weighted by atomic mass is 16.5. The van der Waals surface area contributed by atoms with E-state index >= 15 is 0 Å². The molecule has 3 N–H and O–H groups in total. The summed E-state index contributed by atoms with van der Waals surface area (Å²) < 4.78 is 6.15. The van der Waals surface area contributed by atoms with Crippen LogP contribution in [0.5, 0.6) is 11.5 Å². The van der Waals surface area contributed by atoms with Crippen molar-refractivity contribution in [2.24, 2.45) is 28.6 Å². The third-order valence-electron chi connectivity index (χ3n) is 11.4. The van der Waals surface area contributed by atoms with Gasteiger partial charge in [0.2, 0.25) is 0 Å². The van der Waals surface area contributed by atoms with Gasteiger partial charge in [0.25, 0.3) is 0 Å². The number of carbonyl (C=O) groups is 1. The summed E-state index contributed by atoms with van der Waals surface area (Å²) >= 11 is 0. The number of benzene rings is 3. The second kappa shape index (κ2) is 11.6. The molecule has 3 aromatic carbocycles. The minimum Gasteiger partial charge on any atom is -0.508 e. The van der Waals surface area contributed by atoms with Crippen LogP contribution in [-0.2, 0) is 22.4 Å². The van der Waals surface area contributed by atoms with E-state index in [1.807, 2.05) is 36.4 Å². The van der Waals surface area contributed by atoms with Crippen LogP contribution in [0.25, 0.3) is 11.1 Å². The van der Waals surface area contributed by atoms with Crippen molar-refractivity contribution in [2.45, 2.75) is 64.4 Å². The molecule has 5 heteroatoms. The van der Waals surface area contributed by atoms with E-state index in [1.54, 1.807) is 25.3 Å². The Labute approximate surface area is 255 Å². The molecule has 5 atom stereocenters. The summed E-state index contributed by atoms with van der Waals surface area (Å²) in [5, 5.41) is 30.6. The maximum absolute atomic E-state index is 14.5. The number of aromatic hydroxyl groups is 2. The van der Waals surface area contributed by atoms with Crippen molar-refractivity contribution in [1.82, 2.24) is 0 Å². The van der Waals surface area contributed by atoms with Crippen molar-refractivity contribution in [3.05, 3.63) is 95.6 Å². The van der Waals surface area contributed by atoms with Crippen molar-refractivity contribution in [1.29, 1.82) is 0 Å². The Bertz CT molecular complexity index is 1500. The number of rotatable bonds is 10. The van der Waals surface area contributed by atoms with Crippen LogP contribution >= 0.6 is 0 Å². The lowest BCUT2D eigenvalue weighted by Crippen LogP contribution is -2.52. The Balaban J connectivity index is 1.22. The molecule has 3 fully saturated rings. The first-order valence-electron chi connectivity index (χ1n) is 15.8. The summed E-state index contributed by atoms with van der Waals surface area (Å²) in [4.78, 5) is 14.5. The molecule has 0 aliphatic heterocycles. The minimum absolute atomic E-state index is 0.0175. The van der Waals surface area contributed by atoms with E-state index in [-0.39, 0.29) is 47.2 Å². The average molecular weight is 581 g/mol. The van der Waals surface area contributed by atoms with Crippen LogP contribution in [-0.4, -0.2) is 40.9 Å². The van der Waals surface area contributed by atoms with Gasteiger partial charge in [-0.05, 0) is 83.5 Å². The first-order valence-corrected chi connectivity index (χ1v) is 15.8. The first kappa shape index (κ1) is 29.7. The SMILES string of the molecule is C=C1C2C(CO)CC(C(=O)CCc3cccc(-c4ccc(Cc5ccc(O)cc5)c(O)c4)c3)(C2OC)C1(C)C1CCCC1. The number of ether oxygens (including phenoxy) is 1. The number of aryl methyl sites for hydroxylation is 1. The van der Waals surface area contributed by atoms with Crippen molar-refractivity contribution >= 4 is 5.78 Å². The van der Waals surface area contributed by atoms with Gasteiger partial charge in [-0.3, -0.25) is 4.79 Å². The summed E-state index contributed by atoms with van der Waals surface area (Å²) in [6.07, 6.45) is 6.70. The van der Waals surface area contributed by atoms with E-state index in [1.165, 1.54) is 12.8 Å². The zero-order valence-electron chi connectivity index (χ0n) is 25.4. The number of aliphatic hydroxyl groups is 1. The highest BCUT2D eigenvalue weighted by molar-refractivity contribution is 5.89. The molecule has 226 valence electrons. The lowest BCUT2D eigenvalue weighted by molar-refractivity contribution is -0.145. The molecule has 0 heterocycles. The molecule has 3 saturated carbocycles. The molecule has 0 spiro atoms. The number of phenols is 2. The molecule has 3 aliphatic carbocycles. The quantitative estimate of drug-likeness (QED) is 0.220. The smallest absolute Gasteiger partial charge is 0.142 e. The monoisotopic (exact) mass is 580 g/mol. The van der Waals surface area contributed by atoms with Gasteiger partial charge < -0.3 is 20.1 Å². The molecular weight excluding hydrogens is 536 g/mol. The number of aliphatic hydroxyl groups excluding tert-OH is 1. The molecule has 0 radical (unpaired) electrons. The summed E-state index contributed by atoms with van der Waals surface area (Å²) in [6, 6.07) is 21.0. The van der Waals surface area contributed by atoms with Crippen LogP contribution in [0, 0.1) is 28.6 Å². The number of ketones is 1. The fraction of sp³-hybridized carbons (Fsp3) is 0.447. The third kappa shape index (κ3) is 4.81. The van der Waals surface area contributed by atoms with Gasteiger partial charge in [0, 0.05) is 37.9 Å². The number of carbonyl (C=O) groups excluding carboxylic acids is 1. The fourth-order valence-corrected chi connectivity index (χ4v) is 9.15. The van der Waals surface area contributed by atoms with Crippen molar-refractivity contribution in [3.63, 3.8) is 0 Å². The van der Waals surface area contributed by atoms with Crippen molar-refractivity contribution < 1.29 is 24.9 Å². The Kier molecular flexibility index (Phi) is 7.99. The number of Topliss-reactive ketones (excluding diaryl/α,β-unsaturated/α-hetero) is 1. The molecule has 0 saturated heterocycles. The Morgan fingerprint density at radius 2 is 1.70 bits per heavy atom. The van der Waals surface area contributed by atoms with E-state index in [0.717, 1.165) is 46.2 Å². The lowest BCUT2D eigenvalue weighted by atomic mass is 9.52. The van der Waals surface area contributed by atoms with E-state index in [0.29, 0.717) is 31.6 Å². The summed E-state index contributed by atoms with van der Waals surface area (Å²) in [6.45, 7) is 6.92. The van der Waals surface area contributed by atoms with E-state index in [2.05, 4.69) is 25.6 Å². The molecular formula is C38H44O5. The fourth-order valence-electron chi connectivity index (χ4n) is 9.15. The second-order valence-electron chi connectivity index (χ2n) is 13.3. The Hall–Kier alpha value is -3.41. The van der Waals surface area contributed by atoms with Crippen LogP contribution in [0.15, 0.2) is 78.9 Å². The van der Waals surface area contributed by atoms with Gasteiger partial charge in [-0.1, -0.05) is 80.4 Å². The minimum atomic E-state index is -0.650. The lowest BCUT2D eigenvalue weighted by Gasteiger charge is -2.50.